The highest BCUT2D eigenvalue weighted by Gasteiger charge is 2.63. The Bertz CT molecular complexity index is 2480. The van der Waals surface area contributed by atoms with Gasteiger partial charge in [-0.3, -0.25) is 19.2 Å². The molecule has 5 heterocycles. The zero-order valence-corrected chi connectivity index (χ0v) is 31.7. The first-order chi connectivity index (χ1) is 28.0. The Hall–Kier alpha value is -5.21. The first kappa shape index (κ1) is 39.3. The molecule has 2 aliphatic carbocycles. The van der Waals surface area contributed by atoms with Gasteiger partial charge in [0, 0.05) is 49.3 Å². The Labute approximate surface area is 334 Å². The van der Waals surface area contributed by atoms with E-state index < -0.39 is 88.3 Å². The number of piperazine rings is 1. The number of hydrogen-bond acceptors (Lipinski definition) is 9. The van der Waals surface area contributed by atoms with Gasteiger partial charge >= 0.3 is 6.18 Å². The number of aromatic nitrogens is 4. The van der Waals surface area contributed by atoms with Crippen LogP contribution in [0.15, 0.2) is 42.5 Å². The van der Waals surface area contributed by atoms with Crippen molar-refractivity contribution in [1.82, 2.24) is 30.0 Å². The number of nitrogens with zero attached hydrogens (tertiary/aromatic N) is 6. The molecule has 11 nitrogen and oxygen atoms in total. The number of carbonyl (C=O) groups excluding carboxylic acids is 2. The SMILES string of the molecule is NC(=O)c1cc(-c2cc3sc(N4CCN(C5COC5)CC4)nc3nc2[C@H](Cc2cc(F)cc(F)c2)NC(=O)Cn2nc(C(F)(F)F)c3c2C(F)(F)C2CC[C@H]32)ccc1F. The number of alkyl halides is 5. The molecule has 2 saturated heterocycles. The summed E-state index contributed by atoms with van der Waals surface area (Å²) >= 11 is 1.30. The van der Waals surface area contributed by atoms with Crippen LogP contribution < -0.4 is 16.0 Å². The third-order valence-electron chi connectivity index (χ3n) is 11.7. The van der Waals surface area contributed by atoms with E-state index in [2.05, 4.69) is 20.2 Å². The van der Waals surface area contributed by atoms with Crippen LogP contribution in [0.1, 0.15) is 63.4 Å². The predicted octanol–water partition coefficient (Wildman–Crippen LogP) is 6.31. The fourth-order valence-electron chi connectivity index (χ4n) is 8.61. The van der Waals surface area contributed by atoms with Gasteiger partial charge in [0.25, 0.3) is 11.8 Å². The fraction of sp³-hybridized carbons (Fsp3) is 0.410. The molecule has 1 unspecified atom stereocenters. The number of hydrogen-bond donors (Lipinski definition) is 2. The molecule has 3 atom stereocenters. The van der Waals surface area contributed by atoms with Crippen LogP contribution in [0, 0.1) is 23.4 Å². The molecule has 4 aliphatic rings. The van der Waals surface area contributed by atoms with Crippen LogP contribution in [0.3, 0.4) is 0 Å². The molecule has 3 fully saturated rings. The van der Waals surface area contributed by atoms with Gasteiger partial charge in [0.15, 0.2) is 16.5 Å². The Morgan fingerprint density at radius 1 is 0.983 bits per heavy atom. The summed E-state index contributed by atoms with van der Waals surface area (Å²) < 4.78 is 124. The number of benzene rings is 2. The van der Waals surface area contributed by atoms with Crippen molar-refractivity contribution in [3.05, 3.63) is 93.7 Å². The van der Waals surface area contributed by atoms with E-state index in [-0.39, 0.29) is 47.3 Å². The maximum absolute atomic E-state index is 15.6. The Kier molecular flexibility index (Phi) is 9.65. The maximum Gasteiger partial charge on any atom is 0.435 e. The number of fused-ring (bicyclic) bond motifs is 4. The van der Waals surface area contributed by atoms with Crippen molar-refractivity contribution in [3.8, 4) is 11.1 Å². The minimum atomic E-state index is -5.07. The molecule has 0 bridgehead atoms. The maximum atomic E-state index is 15.6. The lowest BCUT2D eigenvalue weighted by atomic mass is 9.73. The number of anilines is 1. The molecular formula is C39H34F8N8O3S. The molecule has 2 aromatic carbocycles. The third-order valence-corrected chi connectivity index (χ3v) is 12.7. The minimum Gasteiger partial charge on any atom is -0.378 e. The van der Waals surface area contributed by atoms with Crippen molar-refractivity contribution in [3.63, 3.8) is 0 Å². The van der Waals surface area contributed by atoms with Crippen LogP contribution in [0.2, 0.25) is 0 Å². The molecule has 20 heteroatoms. The second kappa shape index (κ2) is 14.5. The smallest absolute Gasteiger partial charge is 0.378 e. The van der Waals surface area contributed by atoms with Crippen molar-refractivity contribution >= 4 is 38.6 Å². The van der Waals surface area contributed by atoms with E-state index in [1.807, 2.05) is 0 Å². The number of amides is 2. The van der Waals surface area contributed by atoms with E-state index in [9.17, 15) is 35.9 Å². The third kappa shape index (κ3) is 7.07. The molecule has 1 saturated carbocycles. The first-order valence-electron chi connectivity index (χ1n) is 18.8. The summed E-state index contributed by atoms with van der Waals surface area (Å²) in [7, 11) is 0. The Balaban J connectivity index is 1.13. The predicted molar refractivity (Wildman–Crippen MR) is 197 cm³/mol. The van der Waals surface area contributed by atoms with Gasteiger partial charge in [0.1, 0.15) is 29.7 Å². The van der Waals surface area contributed by atoms with Gasteiger partial charge in [-0.1, -0.05) is 17.4 Å². The van der Waals surface area contributed by atoms with Crippen LogP contribution >= 0.6 is 11.3 Å². The molecule has 0 spiro atoms. The molecular weight excluding hydrogens is 813 g/mol. The number of nitrogens with one attached hydrogen (secondary N) is 1. The number of ether oxygens (including phenoxy) is 1. The number of primary amides is 1. The number of halogens is 8. The van der Waals surface area contributed by atoms with Crippen molar-refractivity contribution < 1.29 is 49.4 Å². The van der Waals surface area contributed by atoms with Gasteiger partial charge in [-0.15, -0.1) is 0 Å². The van der Waals surface area contributed by atoms with Crippen molar-refractivity contribution in [2.45, 2.75) is 55.9 Å². The Morgan fingerprint density at radius 3 is 2.34 bits per heavy atom. The zero-order valence-electron chi connectivity index (χ0n) is 30.8. The highest BCUT2D eigenvalue weighted by atomic mass is 32.1. The summed E-state index contributed by atoms with van der Waals surface area (Å²) in [6.45, 7) is 3.08. The molecule has 3 N–H and O–H groups in total. The highest BCUT2D eigenvalue weighted by Crippen LogP contribution is 2.64. The fourth-order valence-corrected chi connectivity index (χ4v) is 9.61. The minimum absolute atomic E-state index is 0.00428. The molecule has 2 amide bonds. The quantitative estimate of drug-likeness (QED) is 0.157. The van der Waals surface area contributed by atoms with Crippen LogP contribution in [0.25, 0.3) is 21.5 Å². The topological polar surface area (TPSA) is 132 Å². The molecule has 59 heavy (non-hydrogen) atoms. The highest BCUT2D eigenvalue weighted by molar-refractivity contribution is 7.22. The van der Waals surface area contributed by atoms with Crippen LogP contribution in [-0.4, -0.2) is 81.9 Å². The largest absolute Gasteiger partial charge is 0.435 e. The summed E-state index contributed by atoms with van der Waals surface area (Å²) in [5.74, 6) is -11.1. The van der Waals surface area contributed by atoms with Crippen LogP contribution in [0.5, 0.6) is 0 Å². The van der Waals surface area contributed by atoms with Crippen molar-refractivity contribution in [2.75, 3.05) is 44.3 Å². The molecule has 0 radical (unpaired) electrons. The number of nitrogens with two attached hydrogens (primary N) is 1. The summed E-state index contributed by atoms with van der Waals surface area (Å²) in [4.78, 5) is 40.2. The van der Waals surface area contributed by atoms with Gasteiger partial charge in [0.05, 0.1) is 41.3 Å². The number of thiazole rings is 1. The number of rotatable bonds is 10. The zero-order chi connectivity index (χ0) is 41.5. The second-order valence-corrected chi connectivity index (χ2v) is 16.3. The molecule has 3 aromatic heterocycles. The van der Waals surface area contributed by atoms with Crippen molar-refractivity contribution in [1.29, 1.82) is 0 Å². The van der Waals surface area contributed by atoms with Crippen LogP contribution in [-0.2, 0) is 34.6 Å². The molecule has 2 aliphatic heterocycles. The normalized spacial score (nSPS) is 20.8. The molecule has 5 aromatic rings. The number of pyridine rings is 1. The average Bonchev–Trinajstić information content (AvgIpc) is 3.75. The van der Waals surface area contributed by atoms with Gasteiger partial charge in [-0.25, -0.2) is 18.2 Å². The summed E-state index contributed by atoms with van der Waals surface area (Å²) in [5.41, 5.74) is 2.59. The van der Waals surface area contributed by atoms with Crippen LogP contribution in [0.4, 0.5) is 40.3 Å². The van der Waals surface area contributed by atoms with E-state index in [1.54, 1.807) is 6.07 Å². The van der Waals surface area contributed by atoms with Gasteiger partial charge in [-0.05, 0) is 66.6 Å². The van der Waals surface area contributed by atoms with E-state index >= 15 is 8.78 Å². The Morgan fingerprint density at radius 2 is 1.71 bits per heavy atom. The lowest BCUT2D eigenvalue weighted by Crippen LogP contribution is -2.56. The number of carbonyl (C=O) groups is 2. The summed E-state index contributed by atoms with van der Waals surface area (Å²) in [6.07, 6.45) is -5.33. The lowest BCUT2D eigenvalue weighted by molar-refractivity contribution is -0.144. The van der Waals surface area contributed by atoms with E-state index in [4.69, 9.17) is 20.4 Å². The lowest BCUT2D eigenvalue weighted by Gasteiger charge is -2.42. The second-order valence-electron chi connectivity index (χ2n) is 15.3. The summed E-state index contributed by atoms with van der Waals surface area (Å²) in [6, 6.07) is 6.82. The van der Waals surface area contributed by atoms with Gasteiger partial charge in [0.2, 0.25) is 5.91 Å². The average molecular weight is 847 g/mol. The van der Waals surface area contributed by atoms with Crippen molar-refractivity contribution in [2.24, 2.45) is 11.7 Å². The monoisotopic (exact) mass is 846 g/mol. The first-order valence-corrected chi connectivity index (χ1v) is 19.6. The van der Waals surface area contributed by atoms with Gasteiger partial charge < -0.3 is 20.7 Å². The molecule has 9 rings (SSSR count). The summed E-state index contributed by atoms with van der Waals surface area (Å²) in [5, 5.41) is 6.75. The van der Waals surface area contributed by atoms with E-state index in [1.165, 1.54) is 23.5 Å². The van der Waals surface area contributed by atoms with E-state index in [0.717, 1.165) is 31.3 Å². The standard InChI is InChI=1S/C39H34F8N8O3S/c40-20-9-18(10-21(41)13-20)11-28(49-30(56)15-55-34-31(33(52-55)39(45,46)47)23-2-3-26(23)38(34,43)44)32-24(19-1-4-27(42)25(12-19)35(48)57)14-29-36(50-32)51-37(59-29)54-7-5-53(6-8-54)22-16-58-17-22/h1,4,9-10,12-14,22-23,26,28H,2-3,5-8,11,15-17H2,(H2,48,57)(H,49,56)/t23-,26?,28-/m0/s1. The molecule has 310 valence electrons. The van der Waals surface area contributed by atoms with Gasteiger partial charge in [-0.2, -0.15) is 32.0 Å². The van der Waals surface area contributed by atoms with E-state index in [0.29, 0.717) is 52.9 Å².